The third kappa shape index (κ3) is 3.69. The summed E-state index contributed by atoms with van der Waals surface area (Å²) in [5.74, 6) is 2.59. The van der Waals surface area contributed by atoms with Crippen molar-refractivity contribution in [2.24, 2.45) is 7.05 Å². The number of para-hydroxylation sites is 2. The molecule has 2 heteroatoms. The van der Waals surface area contributed by atoms with Gasteiger partial charge in [0.25, 0.3) is 5.82 Å². The molecule has 0 atom stereocenters. The number of imidazole rings is 1. The van der Waals surface area contributed by atoms with Gasteiger partial charge in [-0.1, -0.05) is 84.0 Å². The van der Waals surface area contributed by atoms with Crippen molar-refractivity contribution < 1.29 is 4.57 Å². The highest BCUT2D eigenvalue weighted by molar-refractivity contribution is 5.78. The number of fused-ring (bicyclic) bond motifs is 1. The van der Waals surface area contributed by atoms with Gasteiger partial charge in [0.15, 0.2) is 11.0 Å². The molecule has 0 N–H and O–H groups in total. The Bertz CT molecular complexity index is 1180. The van der Waals surface area contributed by atoms with Crippen molar-refractivity contribution in [1.29, 1.82) is 0 Å². The Kier molecular flexibility index (Phi) is 5.75. The van der Waals surface area contributed by atoms with Gasteiger partial charge in [0.05, 0.1) is 13.0 Å². The highest BCUT2D eigenvalue weighted by Crippen LogP contribution is 2.38. The van der Waals surface area contributed by atoms with Gasteiger partial charge >= 0.3 is 0 Å². The van der Waals surface area contributed by atoms with Crippen LogP contribution in [0.25, 0.3) is 27.8 Å². The van der Waals surface area contributed by atoms with Crippen LogP contribution in [0.3, 0.4) is 0 Å². The molecule has 2 nitrogen and oxygen atoms in total. The van der Waals surface area contributed by atoms with E-state index in [1.807, 2.05) is 0 Å². The first kappa shape index (κ1) is 21.4. The fourth-order valence-corrected chi connectivity index (χ4v) is 4.83. The predicted molar refractivity (Wildman–Crippen MR) is 132 cm³/mol. The molecule has 4 aromatic rings. The normalized spacial score (nSPS) is 11.9. The molecule has 0 aliphatic heterocycles. The standard InChI is InChI=1S/C29H35N2/c1-19(2)24-17-23(22-13-9-8-10-14-22)18-25(20(3)4)28(24)31-27-16-12-11-15-26(27)30(7)29(31)21(5)6/h8-21H,1-7H3/q+1. The second-order valence-corrected chi connectivity index (χ2v) is 9.57. The maximum Gasteiger partial charge on any atom is 0.265 e. The summed E-state index contributed by atoms with van der Waals surface area (Å²) in [5, 5.41) is 0. The molecule has 0 bridgehead atoms. The second kappa shape index (κ2) is 8.34. The molecule has 160 valence electrons. The molecule has 4 rings (SSSR count). The summed E-state index contributed by atoms with van der Waals surface area (Å²) in [6.45, 7) is 13.9. The Hall–Kier alpha value is -2.87. The van der Waals surface area contributed by atoms with Gasteiger partial charge in [-0.15, -0.1) is 0 Å². The van der Waals surface area contributed by atoms with E-state index >= 15 is 0 Å². The summed E-state index contributed by atoms with van der Waals surface area (Å²) in [4.78, 5) is 0. The van der Waals surface area contributed by atoms with Crippen LogP contribution >= 0.6 is 0 Å². The summed E-state index contributed by atoms with van der Waals surface area (Å²) in [5.41, 5.74) is 9.34. The molecular formula is C29H35N2+. The van der Waals surface area contributed by atoms with E-state index in [0.29, 0.717) is 17.8 Å². The van der Waals surface area contributed by atoms with E-state index in [9.17, 15) is 0 Å². The second-order valence-electron chi connectivity index (χ2n) is 9.57. The number of hydrogen-bond acceptors (Lipinski definition) is 0. The summed E-state index contributed by atoms with van der Waals surface area (Å²) >= 11 is 0. The number of aryl methyl sites for hydroxylation is 1. The van der Waals surface area contributed by atoms with Crippen LogP contribution in [0.15, 0.2) is 66.7 Å². The zero-order valence-electron chi connectivity index (χ0n) is 20.0. The van der Waals surface area contributed by atoms with E-state index in [1.54, 1.807) is 0 Å². The summed E-state index contributed by atoms with van der Waals surface area (Å²) in [6, 6.07) is 24.4. The first-order valence-electron chi connectivity index (χ1n) is 11.5. The SMILES string of the molecule is CC(C)c1cc(-c2ccccc2)cc(C(C)C)c1-n1c(C(C)C)[n+](C)c2ccccc21. The highest BCUT2D eigenvalue weighted by Gasteiger charge is 2.31. The molecule has 0 spiro atoms. The van der Waals surface area contributed by atoms with Gasteiger partial charge in [-0.2, -0.15) is 4.57 Å². The third-order valence-corrected chi connectivity index (χ3v) is 6.32. The third-order valence-electron chi connectivity index (χ3n) is 6.32. The van der Waals surface area contributed by atoms with Crippen LogP contribution in [-0.2, 0) is 7.05 Å². The first-order valence-corrected chi connectivity index (χ1v) is 11.5. The van der Waals surface area contributed by atoms with Crippen LogP contribution in [0.5, 0.6) is 0 Å². The van der Waals surface area contributed by atoms with Crippen LogP contribution in [0.2, 0.25) is 0 Å². The Labute approximate surface area is 187 Å². The maximum absolute atomic E-state index is 2.54. The van der Waals surface area contributed by atoms with Crippen molar-refractivity contribution in [2.45, 2.75) is 59.3 Å². The lowest BCUT2D eigenvalue weighted by Gasteiger charge is -2.21. The van der Waals surface area contributed by atoms with Gasteiger partial charge in [0.1, 0.15) is 5.69 Å². The van der Waals surface area contributed by atoms with Crippen molar-refractivity contribution in [1.82, 2.24) is 4.57 Å². The van der Waals surface area contributed by atoms with Gasteiger partial charge in [0.2, 0.25) is 0 Å². The lowest BCUT2D eigenvalue weighted by Crippen LogP contribution is -2.34. The average Bonchev–Trinajstić information content (AvgIpc) is 3.06. The van der Waals surface area contributed by atoms with Crippen LogP contribution in [-0.4, -0.2) is 4.57 Å². The van der Waals surface area contributed by atoms with Gasteiger partial charge in [-0.05, 0) is 47.2 Å². The first-order chi connectivity index (χ1) is 14.8. The van der Waals surface area contributed by atoms with Crippen LogP contribution in [0, 0.1) is 0 Å². The summed E-state index contributed by atoms with van der Waals surface area (Å²) in [7, 11) is 2.20. The minimum Gasteiger partial charge on any atom is -0.229 e. The van der Waals surface area contributed by atoms with Crippen LogP contribution < -0.4 is 4.57 Å². The van der Waals surface area contributed by atoms with Gasteiger partial charge in [-0.3, -0.25) is 0 Å². The molecule has 0 aliphatic carbocycles. The Morgan fingerprint density at radius 2 is 1.19 bits per heavy atom. The Morgan fingerprint density at radius 1 is 0.645 bits per heavy atom. The van der Waals surface area contributed by atoms with Crippen molar-refractivity contribution in [3.8, 4) is 16.8 Å². The lowest BCUT2D eigenvalue weighted by molar-refractivity contribution is -0.654. The molecule has 0 unspecified atom stereocenters. The smallest absolute Gasteiger partial charge is 0.229 e. The molecule has 1 aromatic heterocycles. The van der Waals surface area contributed by atoms with Crippen molar-refractivity contribution in [3.63, 3.8) is 0 Å². The summed E-state index contributed by atoms with van der Waals surface area (Å²) in [6.07, 6.45) is 0. The summed E-state index contributed by atoms with van der Waals surface area (Å²) < 4.78 is 4.92. The van der Waals surface area contributed by atoms with Crippen LogP contribution in [0.1, 0.15) is 76.2 Å². The molecule has 0 saturated carbocycles. The van der Waals surface area contributed by atoms with Crippen molar-refractivity contribution >= 4 is 11.0 Å². The molecule has 0 saturated heterocycles. The number of aromatic nitrogens is 2. The zero-order valence-corrected chi connectivity index (χ0v) is 20.0. The van der Waals surface area contributed by atoms with Gasteiger partial charge < -0.3 is 0 Å². The number of benzene rings is 3. The van der Waals surface area contributed by atoms with Crippen molar-refractivity contribution in [2.75, 3.05) is 0 Å². The quantitative estimate of drug-likeness (QED) is 0.301. The fourth-order valence-electron chi connectivity index (χ4n) is 4.83. The predicted octanol–water partition coefficient (Wildman–Crippen LogP) is 7.49. The highest BCUT2D eigenvalue weighted by atomic mass is 15.2. The van der Waals surface area contributed by atoms with E-state index in [4.69, 9.17) is 0 Å². The van der Waals surface area contributed by atoms with Crippen molar-refractivity contribution in [3.05, 3.63) is 83.7 Å². The molecule has 0 fully saturated rings. The zero-order chi connectivity index (χ0) is 22.3. The van der Waals surface area contributed by atoms with E-state index in [1.165, 1.54) is 44.8 Å². The molecule has 1 heterocycles. The molecule has 3 aromatic carbocycles. The van der Waals surface area contributed by atoms with E-state index in [-0.39, 0.29) is 0 Å². The number of rotatable bonds is 5. The lowest BCUT2D eigenvalue weighted by atomic mass is 9.88. The van der Waals surface area contributed by atoms with Gasteiger partial charge in [-0.25, -0.2) is 4.57 Å². The van der Waals surface area contributed by atoms with Crippen LogP contribution in [0.4, 0.5) is 0 Å². The minimum atomic E-state index is 0.409. The van der Waals surface area contributed by atoms with E-state index < -0.39 is 0 Å². The minimum absolute atomic E-state index is 0.409. The molecule has 0 aliphatic rings. The largest absolute Gasteiger partial charge is 0.265 e. The van der Waals surface area contributed by atoms with E-state index in [2.05, 4.69) is 124 Å². The molecule has 0 radical (unpaired) electrons. The molecular weight excluding hydrogens is 376 g/mol. The monoisotopic (exact) mass is 411 g/mol. The Balaban J connectivity index is 2.14. The topological polar surface area (TPSA) is 8.81 Å². The fraction of sp³-hybridized carbons (Fsp3) is 0.345. The molecule has 0 amide bonds. The Morgan fingerprint density at radius 3 is 1.74 bits per heavy atom. The number of hydrogen-bond donors (Lipinski definition) is 0. The number of nitrogens with zero attached hydrogens (tertiary/aromatic N) is 2. The molecule has 31 heavy (non-hydrogen) atoms. The van der Waals surface area contributed by atoms with E-state index in [0.717, 1.165) is 0 Å². The maximum atomic E-state index is 2.54. The van der Waals surface area contributed by atoms with Gasteiger partial charge in [0, 0.05) is 11.1 Å². The average molecular weight is 412 g/mol.